The lowest BCUT2D eigenvalue weighted by Gasteiger charge is -2.35. The lowest BCUT2D eigenvalue weighted by atomic mass is 9.99. The van der Waals surface area contributed by atoms with Crippen molar-refractivity contribution in [1.29, 1.82) is 0 Å². The van der Waals surface area contributed by atoms with Crippen molar-refractivity contribution in [1.82, 2.24) is 24.2 Å². The Labute approximate surface area is 169 Å². The quantitative estimate of drug-likeness (QED) is 0.519. The van der Waals surface area contributed by atoms with Crippen LogP contribution in [0, 0.1) is 0 Å². The summed E-state index contributed by atoms with van der Waals surface area (Å²) in [7, 11) is 3.71. The van der Waals surface area contributed by atoms with E-state index in [2.05, 4.69) is 10.2 Å². The number of aryl methyl sites for hydroxylation is 2. The second-order valence-electron chi connectivity index (χ2n) is 7.09. The molecule has 0 aliphatic carbocycles. The fraction of sp³-hybridized carbons (Fsp3) is 0.579. The number of amides is 1. The SMILES string of the molecule is CC(Sc1nncn1C)C(=O)OCCC1CCCCN1C(=O)c1cccn1C. The Morgan fingerprint density at radius 3 is 2.82 bits per heavy atom. The molecule has 1 saturated heterocycles. The predicted octanol–water partition coefficient (Wildman–Crippen LogP) is 2.26. The third kappa shape index (κ3) is 4.76. The van der Waals surface area contributed by atoms with Gasteiger partial charge in [0.15, 0.2) is 5.16 Å². The van der Waals surface area contributed by atoms with E-state index in [4.69, 9.17) is 4.74 Å². The molecule has 2 aromatic heterocycles. The molecule has 3 rings (SSSR count). The monoisotopic (exact) mass is 405 g/mol. The third-order valence-corrected chi connectivity index (χ3v) is 6.16. The van der Waals surface area contributed by atoms with Gasteiger partial charge in [-0.3, -0.25) is 9.59 Å². The molecule has 0 aromatic carbocycles. The Morgan fingerprint density at radius 1 is 1.32 bits per heavy atom. The molecule has 152 valence electrons. The van der Waals surface area contributed by atoms with Gasteiger partial charge in [-0.25, -0.2) is 0 Å². The first kappa shape index (κ1) is 20.4. The minimum absolute atomic E-state index is 0.0507. The molecule has 0 spiro atoms. The molecule has 2 unspecified atom stereocenters. The van der Waals surface area contributed by atoms with Crippen LogP contribution in [0.5, 0.6) is 0 Å². The lowest BCUT2D eigenvalue weighted by Crippen LogP contribution is -2.45. The van der Waals surface area contributed by atoms with Crippen molar-refractivity contribution in [2.45, 2.75) is 49.1 Å². The van der Waals surface area contributed by atoms with Gasteiger partial charge in [-0.1, -0.05) is 11.8 Å². The van der Waals surface area contributed by atoms with E-state index in [1.54, 1.807) is 17.8 Å². The number of likely N-dealkylation sites (tertiary alicyclic amines) is 1. The number of aromatic nitrogens is 4. The van der Waals surface area contributed by atoms with Crippen molar-refractivity contribution in [2.24, 2.45) is 14.1 Å². The molecule has 2 aromatic rings. The van der Waals surface area contributed by atoms with Crippen molar-refractivity contribution in [3.05, 3.63) is 30.4 Å². The van der Waals surface area contributed by atoms with E-state index in [9.17, 15) is 9.59 Å². The number of esters is 1. The highest BCUT2D eigenvalue weighted by Crippen LogP contribution is 2.24. The summed E-state index contributed by atoms with van der Waals surface area (Å²) in [4.78, 5) is 27.1. The van der Waals surface area contributed by atoms with Crippen LogP contribution in [0.3, 0.4) is 0 Å². The molecule has 1 amide bonds. The van der Waals surface area contributed by atoms with Crippen LogP contribution in [0.2, 0.25) is 0 Å². The number of piperidine rings is 1. The van der Waals surface area contributed by atoms with Gasteiger partial charge in [0, 0.05) is 39.3 Å². The molecular weight excluding hydrogens is 378 g/mol. The van der Waals surface area contributed by atoms with Gasteiger partial charge in [0.1, 0.15) is 17.3 Å². The van der Waals surface area contributed by atoms with E-state index < -0.39 is 0 Å². The van der Waals surface area contributed by atoms with E-state index in [0.29, 0.717) is 23.9 Å². The second-order valence-corrected chi connectivity index (χ2v) is 8.40. The van der Waals surface area contributed by atoms with E-state index >= 15 is 0 Å². The molecule has 2 atom stereocenters. The van der Waals surface area contributed by atoms with Crippen molar-refractivity contribution in [3.63, 3.8) is 0 Å². The van der Waals surface area contributed by atoms with Crippen LogP contribution in [0.4, 0.5) is 0 Å². The van der Waals surface area contributed by atoms with Gasteiger partial charge in [-0.15, -0.1) is 10.2 Å². The summed E-state index contributed by atoms with van der Waals surface area (Å²) in [6.07, 6.45) is 7.18. The summed E-state index contributed by atoms with van der Waals surface area (Å²) < 4.78 is 9.09. The Balaban J connectivity index is 1.51. The Hall–Kier alpha value is -2.29. The zero-order chi connectivity index (χ0) is 20.1. The molecule has 1 aliphatic rings. The first-order valence-electron chi connectivity index (χ1n) is 9.57. The van der Waals surface area contributed by atoms with Gasteiger partial charge in [0.25, 0.3) is 5.91 Å². The average Bonchev–Trinajstić information content (AvgIpc) is 3.29. The highest BCUT2D eigenvalue weighted by molar-refractivity contribution is 8.00. The second kappa shape index (κ2) is 9.27. The first-order valence-corrected chi connectivity index (χ1v) is 10.4. The van der Waals surface area contributed by atoms with E-state index in [1.807, 2.05) is 41.9 Å². The minimum atomic E-state index is -0.365. The van der Waals surface area contributed by atoms with Crippen LogP contribution >= 0.6 is 11.8 Å². The van der Waals surface area contributed by atoms with E-state index in [1.165, 1.54) is 11.8 Å². The molecule has 1 aliphatic heterocycles. The molecule has 0 radical (unpaired) electrons. The maximum atomic E-state index is 12.9. The number of rotatable bonds is 7. The summed E-state index contributed by atoms with van der Waals surface area (Å²) in [5, 5.41) is 8.10. The number of nitrogens with zero attached hydrogens (tertiary/aromatic N) is 5. The van der Waals surface area contributed by atoms with Crippen molar-refractivity contribution < 1.29 is 14.3 Å². The molecule has 9 heteroatoms. The Morgan fingerprint density at radius 2 is 2.14 bits per heavy atom. The number of hydrogen-bond donors (Lipinski definition) is 0. The van der Waals surface area contributed by atoms with E-state index in [0.717, 1.165) is 25.8 Å². The van der Waals surface area contributed by atoms with Gasteiger partial charge in [-0.2, -0.15) is 0 Å². The van der Waals surface area contributed by atoms with Gasteiger partial charge in [-0.05, 0) is 38.3 Å². The summed E-state index contributed by atoms with van der Waals surface area (Å²) in [6.45, 7) is 2.86. The molecule has 28 heavy (non-hydrogen) atoms. The van der Waals surface area contributed by atoms with Crippen LogP contribution in [-0.2, 0) is 23.6 Å². The molecule has 0 N–H and O–H groups in total. The number of thioether (sulfide) groups is 1. The standard InChI is InChI=1S/C19H27N5O3S/c1-14(28-19-21-20-13-23(19)3)18(26)27-12-9-15-7-4-5-11-24(15)17(25)16-8-6-10-22(16)2/h6,8,10,13-15H,4-5,7,9,11-12H2,1-3H3. The summed E-state index contributed by atoms with van der Waals surface area (Å²) >= 11 is 1.32. The topological polar surface area (TPSA) is 82.2 Å². The first-order chi connectivity index (χ1) is 13.5. The number of hydrogen-bond acceptors (Lipinski definition) is 6. The predicted molar refractivity (Wildman–Crippen MR) is 106 cm³/mol. The summed E-state index contributed by atoms with van der Waals surface area (Å²) in [6, 6.07) is 3.83. The third-order valence-electron chi connectivity index (χ3n) is 5.03. The van der Waals surface area contributed by atoms with Crippen LogP contribution in [0.1, 0.15) is 43.1 Å². The van der Waals surface area contributed by atoms with Gasteiger partial charge in [0.05, 0.1) is 6.61 Å². The van der Waals surface area contributed by atoms with Crippen LogP contribution < -0.4 is 0 Å². The smallest absolute Gasteiger partial charge is 0.319 e. The fourth-order valence-corrected chi connectivity index (χ4v) is 4.19. The normalized spacial score (nSPS) is 18.1. The van der Waals surface area contributed by atoms with Crippen LogP contribution in [0.15, 0.2) is 29.8 Å². The van der Waals surface area contributed by atoms with Crippen molar-refractivity contribution in [3.8, 4) is 0 Å². The van der Waals surface area contributed by atoms with Crippen LogP contribution in [-0.4, -0.2) is 60.6 Å². The number of ether oxygens (including phenoxy) is 1. The van der Waals surface area contributed by atoms with Crippen molar-refractivity contribution in [2.75, 3.05) is 13.2 Å². The van der Waals surface area contributed by atoms with Crippen molar-refractivity contribution >= 4 is 23.6 Å². The highest BCUT2D eigenvalue weighted by Gasteiger charge is 2.29. The lowest BCUT2D eigenvalue weighted by molar-refractivity contribution is -0.143. The number of carbonyl (C=O) groups excluding carboxylic acids is 2. The fourth-order valence-electron chi connectivity index (χ4n) is 3.40. The Bertz CT molecular complexity index is 818. The molecule has 0 bridgehead atoms. The molecule has 0 saturated carbocycles. The molecule has 1 fully saturated rings. The van der Waals surface area contributed by atoms with Gasteiger partial charge >= 0.3 is 5.97 Å². The minimum Gasteiger partial charge on any atom is -0.465 e. The molecule has 8 nitrogen and oxygen atoms in total. The van der Waals surface area contributed by atoms with Gasteiger partial charge < -0.3 is 18.8 Å². The maximum Gasteiger partial charge on any atom is 0.319 e. The average molecular weight is 406 g/mol. The Kier molecular flexibility index (Phi) is 6.77. The van der Waals surface area contributed by atoms with Gasteiger partial charge in [0.2, 0.25) is 0 Å². The molecular formula is C19H27N5O3S. The largest absolute Gasteiger partial charge is 0.465 e. The summed E-state index contributed by atoms with van der Waals surface area (Å²) in [5.41, 5.74) is 0.692. The van der Waals surface area contributed by atoms with E-state index in [-0.39, 0.29) is 23.2 Å². The maximum absolute atomic E-state index is 12.9. The highest BCUT2D eigenvalue weighted by atomic mass is 32.2. The van der Waals surface area contributed by atoms with Crippen LogP contribution in [0.25, 0.3) is 0 Å². The molecule has 3 heterocycles. The summed E-state index contributed by atoms with van der Waals surface area (Å²) in [5.74, 6) is -0.223. The zero-order valence-electron chi connectivity index (χ0n) is 16.6. The number of carbonyl (C=O) groups is 2. The zero-order valence-corrected chi connectivity index (χ0v) is 17.4.